The van der Waals surface area contributed by atoms with E-state index < -0.39 is 17.8 Å². The topological polar surface area (TPSA) is 34.9 Å². The molecule has 0 radical (unpaired) electrons. The SMILES string of the molecule is O=C(c1ccc(Cl)cc1)n1cc(-c2ccccc2)c(C(F)(F)F)n1. The Morgan fingerprint density at radius 3 is 2.21 bits per heavy atom. The Morgan fingerprint density at radius 1 is 1.00 bits per heavy atom. The molecule has 0 aliphatic heterocycles. The van der Waals surface area contributed by atoms with Crippen LogP contribution in [0.25, 0.3) is 11.1 Å². The van der Waals surface area contributed by atoms with Gasteiger partial charge in [-0.3, -0.25) is 4.79 Å². The van der Waals surface area contributed by atoms with Crippen LogP contribution in [0.5, 0.6) is 0 Å². The van der Waals surface area contributed by atoms with Gasteiger partial charge in [0.1, 0.15) is 0 Å². The van der Waals surface area contributed by atoms with Crippen LogP contribution in [0.15, 0.2) is 60.8 Å². The highest BCUT2D eigenvalue weighted by atomic mass is 35.5. The number of carbonyl (C=O) groups is 1. The Hall–Kier alpha value is -2.60. The van der Waals surface area contributed by atoms with Crippen molar-refractivity contribution in [1.82, 2.24) is 9.78 Å². The van der Waals surface area contributed by atoms with Crippen LogP contribution in [-0.4, -0.2) is 15.7 Å². The van der Waals surface area contributed by atoms with Crippen LogP contribution < -0.4 is 0 Å². The maximum absolute atomic E-state index is 13.3. The number of alkyl halides is 3. The monoisotopic (exact) mass is 350 g/mol. The molecule has 0 saturated carbocycles. The first kappa shape index (κ1) is 16.3. The van der Waals surface area contributed by atoms with E-state index in [1.807, 2.05) is 0 Å². The molecule has 1 aromatic heterocycles. The molecule has 0 unspecified atom stereocenters. The van der Waals surface area contributed by atoms with Crippen molar-refractivity contribution in [3.8, 4) is 11.1 Å². The summed E-state index contributed by atoms with van der Waals surface area (Å²) in [6.07, 6.45) is -3.58. The smallest absolute Gasteiger partial charge is 0.267 e. The van der Waals surface area contributed by atoms with Crippen molar-refractivity contribution in [3.05, 3.63) is 77.1 Å². The second-order valence-electron chi connectivity index (χ2n) is 5.01. The molecule has 24 heavy (non-hydrogen) atoms. The van der Waals surface area contributed by atoms with Crippen LogP contribution in [0, 0.1) is 0 Å². The van der Waals surface area contributed by atoms with Crippen LogP contribution in [0.1, 0.15) is 16.1 Å². The second-order valence-corrected chi connectivity index (χ2v) is 5.45. The maximum atomic E-state index is 13.3. The molecule has 0 spiro atoms. The van der Waals surface area contributed by atoms with E-state index in [0.717, 1.165) is 6.20 Å². The molecule has 0 N–H and O–H groups in total. The predicted octanol–water partition coefficient (Wildman–Crippen LogP) is 4.91. The van der Waals surface area contributed by atoms with E-state index in [9.17, 15) is 18.0 Å². The number of halogens is 4. The highest BCUT2D eigenvalue weighted by molar-refractivity contribution is 6.30. The molecule has 0 atom stereocenters. The summed E-state index contributed by atoms with van der Waals surface area (Å²) in [5.74, 6) is -0.667. The van der Waals surface area contributed by atoms with Crippen molar-refractivity contribution in [1.29, 1.82) is 0 Å². The van der Waals surface area contributed by atoms with Gasteiger partial charge in [-0.1, -0.05) is 41.9 Å². The molecule has 3 aromatic rings. The minimum Gasteiger partial charge on any atom is -0.267 e. The fourth-order valence-electron chi connectivity index (χ4n) is 2.24. The van der Waals surface area contributed by atoms with Crippen molar-refractivity contribution in [2.24, 2.45) is 0 Å². The van der Waals surface area contributed by atoms with E-state index in [-0.39, 0.29) is 11.1 Å². The lowest BCUT2D eigenvalue weighted by atomic mass is 10.1. The number of rotatable bonds is 2. The lowest BCUT2D eigenvalue weighted by molar-refractivity contribution is -0.140. The van der Waals surface area contributed by atoms with Gasteiger partial charge in [0.15, 0.2) is 5.69 Å². The van der Waals surface area contributed by atoms with Crippen molar-refractivity contribution in [2.45, 2.75) is 6.18 Å². The van der Waals surface area contributed by atoms with Crippen LogP contribution in [0.4, 0.5) is 13.2 Å². The van der Waals surface area contributed by atoms with Crippen LogP contribution in [-0.2, 0) is 6.18 Å². The zero-order chi connectivity index (χ0) is 17.3. The lowest BCUT2D eigenvalue weighted by Gasteiger charge is -2.05. The van der Waals surface area contributed by atoms with Gasteiger partial charge in [0.25, 0.3) is 5.91 Å². The molecule has 0 amide bonds. The van der Waals surface area contributed by atoms with E-state index in [1.54, 1.807) is 18.2 Å². The fourth-order valence-corrected chi connectivity index (χ4v) is 2.37. The average Bonchev–Trinajstić information content (AvgIpc) is 3.01. The summed E-state index contributed by atoms with van der Waals surface area (Å²) in [6, 6.07) is 13.8. The average molecular weight is 351 g/mol. The van der Waals surface area contributed by atoms with Crippen molar-refractivity contribution < 1.29 is 18.0 Å². The van der Waals surface area contributed by atoms with Crippen molar-refractivity contribution in [3.63, 3.8) is 0 Å². The molecule has 2 aromatic carbocycles. The number of nitrogens with zero attached hydrogens (tertiary/aromatic N) is 2. The first-order chi connectivity index (χ1) is 11.4. The Bertz CT molecular complexity index is 871. The summed E-state index contributed by atoms with van der Waals surface area (Å²) in [7, 11) is 0. The molecule has 0 aliphatic rings. The zero-order valence-corrected chi connectivity index (χ0v) is 12.8. The third-order valence-corrected chi connectivity index (χ3v) is 3.62. The summed E-state index contributed by atoms with van der Waals surface area (Å²) in [6.45, 7) is 0. The van der Waals surface area contributed by atoms with Gasteiger partial charge in [-0.15, -0.1) is 0 Å². The number of hydrogen-bond donors (Lipinski definition) is 0. The van der Waals surface area contributed by atoms with E-state index >= 15 is 0 Å². The van der Waals surface area contributed by atoms with Crippen LogP contribution in [0.3, 0.4) is 0 Å². The predicted molar refractivity (Wildman–Crippen MR) is 83.8 cm³/mol. The molecule has 0 aliphatic carbocycles. The van der Waals surface area contributed by atoms with Gasteiger partial charge in [0.05, 0.1) is 0 Å². The summed E-state index contributed by atoms with van der Waals surface area (Å²) in [5.41, 5.74) is -0.725. The van der Waals surface area contributed by atoms with Crippen LogP contribution in [0.2, 0.25) is 5.02 Å². The van der Waals surface area contributed by atoms with Gasteiger partial charge < -0.3 is 0 Å². The number of hydrogen-bond acceptors (Lipinski definition) is 2. The van der Waals surface area contributed by atoms with Crippen LogP contribution >= 0.6 is 11.6 Å². The molecular weight excluding hydrogens is 341 g/mol. The summed E-state index contributed by atoms with van der Waals surface area (Å²) >= 11 is 5.75. The second kappa shape index (κ2) is 6.13. The first-order valence-corrected chi connectivity index (χ1v) is 7.26. The van der Waals surface area contributed by atoms with E-state index in [2.05, 4.69) is 5.10 Å². The first-order valence-electron chi connectivity index (χ1n) is 6.89. The van der Waals surface area contributed by atoms with Gasteiger partial charge in [0.2, 0.25) is 0 Å². The van der Waals surface area contributed by atoms with Gasteiger partial charge in [-0.05, 0) is 29.8 Å². The largest absolute Gasteiger partial charge is 0.435 e. The highest BCUT2D eigenvalue weighted by Gasteiger charge is 2.38. The summed E-state index contributed by atoms with van der Waals surface area (Å²) < 4.78 is 40.5. The highest BCUT2D eigenvalue weighted by Crippen LogP contribution is 2.36. The Balaban J connectivity index is 2.09. The van der Waals surface area contributed by atoms with E-state index in [1.165, 1.54) is 36.4 Å². The normalized spacial score (nSPS) is 11.5. The third kappa shape index (κ3) is 3.19. The lowest BCUT2D eigenvalue weighted by Crippen LogP contribution is -2.15. The van der Waals surface area contributed by atoms with Gasteiger partial charge in [-0.2, -0.15) is 18.3 Å². The molecule has 3 rings (SSSR count). The number of benzene rings is 2. The Morgan fingerprint density at radius 2 is 1.62 bits per heavy atom. The molecule has 0 fully saturated rings. The standard InChI is InChI=1S/C17H10ClF3N2O/c18-13-8-6-12(7-9-13)16(24)23-10-14(11-4-2-1-3-5-11)15(22-23)17(19,20)21/h1-10H. The van der Waals surface area contributed by atoms with Crippen molar-refractivity contribution in [2.75, 3.05) is 0 Å². The number of aromatic nitrogens is 2. The summed E-state index contributed by atoms with van der Waals surface area (Å²) in [5, 5.41) is 3.89. The maximum Gasteiger partial charge on any atom is 0.435 e. The molecule has 0 saturated heterocycles. The van der Waals surface area contributed by atoms with E-state index in [4.69, 9.17) is 11.6 Å². The zero-order valence-electron chi connectivity index (χ0n) is 12.1. The molecular formula is C17H10ClF3N2O. The molecule has 7 heteroatoms. The van der Waals surface area contributed by atoms with Gasteiger partial charge in [-0.25, -0.2) is 4.68 Å². The Labute approximate surface area is 140 Å². The molecule has 3 nitrogen and oxygen atoms in total. The van der Waals surface area contributed by atoms with Gasteiger partial charge in [0, 0.05) is 22.3 Å². The Kier molecular flexibility index (Phi) is 4.15. The van der Waals surface area contributed by atoms with E-state index in [0.29, 0.717) is 15.3 Å². The fraction of sp³-hybridized carbons (Fsp3) is 0.0588. The quantitative estimate of drug-likeness (QED) is 0.658. The third-order valence-electron chi connectivity index (χ3n) is 3.37. The summed E-state index contributed by atoms with van der Waals surface area (Å²) in [4.78, 5) is 12.4. The molecule has 1 heterocycles. The minimum absolute atomic E-state index is 0.148. The van der Waals surface area contributed by atoms with Crippen molar-refractivity contribution >= 4 is 17.5 Å². The number of carbonyl (C=O) groups excluding carboxylic acids is 1. The molecule has 0 bridgehead atoms. The minimum atomic E-state index is -4.67. The van der Waals surface area contributed by atoms with Gasteiger partial charge >= 0.3 is 6.18 Å². The molecule has 122 valence electrons.